The van der Waals surface area contributed by atoms with E-state index in [9.17, 15) is 35.9 Å². The van der Waals surface area contributed by atoms with Crippen LogP contribution in [0.15, 0.2) is 52.7 Å². The molecule has 212 valence electrons. The van der Waals surface area contributed by atoms with E-state index in [2.05, 4.69) is 15.4 Å². The highest BCUT2D eigenvalue weighted by atomic mass is 32.2. The fourth-order valence-corrected chi connectivity index (χ4v) is 6.00. The van der Waals surface area contributed by atoms with Gasteiger partial charge in [0, 0.05) is 4.88 Å². The predicted molar refractivity (Wildman–Crippen MR) is 145 cm³/mol. The molecule has 0 atom stereocenters. The maximum absolute atomic E-state index is 13.2. The molecule has 41 heavy (non-hydrogen) atoms. The SMILES string of the molecule is O=C(O)c1ccc2nc(CNN3C(=O)/C(=C/c4cc(-c5cc(C(F)(F)F)cc(C(F)(F)F)c5)cs4)SC3=S)[nH]c2c1. The fourth-order valence-electron chi connectivity index (χ4n) is 3.87. The summed E-state index contributed by atoms with van der Waals surface area (Å²) in [6.07, 6.45) is -8.50. The van der Waals surface area contributed by atoms with Crippen LogP contribution in [0.4, 0.5) is 26.3 Å². The molecule has 5 rings (SSSR count). The average Bonchev–Trinajstić information content (AvgIpc) is 3.59. The third kappa shape index (κ3) is 6.14. The smallest absolute Gasteiger partial charge is 0.416 e. The number of aromatic amines is 1. The van der Waals surface area contributed by atoms with Gasteiger partial charge < -0.3 is 10.1 Å². The monoisotopic (exact) mass is 628 g/mol. The third-order valence-electron chi connectivity index (χ3n) is 5.79. The number of hydrogen-bond donors (Lipinski definition) is 3. The molecule has 4 aromatic rings. The summed E-state index contributed by atoms with van der Waals surface area (Å²) < 4.78 is 79.7. The maximum atomic E-state index is 13.2. The van der Waals surface area contributed by atoms with Gasteiger partial charge in [0.2, 0.25) is 0 Å². The van der Waals surface area contributed by atoms with Crippen molar-refractivity contribution in [1.82, 2.24) is 20.4 Å². The van der Waals surface area contributed by atoms with Crippen molar-refractivity contribution in [1.29, 1.82) is 0 Å². The molecular formula is C25H14F6N4O3S3. The standard InChI is InChI=1S/C25H14F6N4O3S3/c26-24(27,28)14-3-12(4-15(7-14)25(29,30)31)13-5-16(40-10-13)8-19-21(36)35(23(39)41-19)32-9-20-33-17-2-1-11(22(37)38)6-18(17)34-20/h1-8,10,32H,9H2,(H,33,34)(H,37,38)/b19-8-. The van der Waals surface area contributed by atoms with Crippen molar-refractivity contribution in [3.05, 3.63) is 80.1 Å². The predicted octanol–water partition coefficient (Wildman–Crippen LogP) is 6.93. The van der Waals surface area contributed by atoms with Crippen molar-refractivity contribution in [3.63, 3.8) is 0 Å². The van der Waals surface area contributed by atoms with Gasteiger partial charge in [0.15, 0.2) is 4.32 Å². The Morgan fingerprint density at radius 3 is 2.37 bits per heavy atom. The van der Waals surface area contributed by atoms with Gasteiger partial charge in [-0.1, -0.05) is 24.0 Å². The number of fused-ring (bicyclic) bond motifs is 1. The molecule has 0 aliphatic carbocycles. The first-order chi connectivity index (χ1) is 19.2. The number of rotatable bonds is 6. The van der Waals surface area contributed by atoms with E-state index in [0.29, 0.717) is 33.9 Å². The number of nitrogens with one attached hydrogen (secondary N) is 2. The molecular weight excluding hydrogens is 614 g/mol. The van der Waals surface area contributed by atoms with Gasteiger partial charge in [0.1, 0.15) is 5.82 Å². The van der Waals surface area contributed by atoms with Crippen LogP contribution >= 0.6 is 35.3 Å². The van der Waals surface area contributed by atoms with Crippen LogP contribution in [0.3, 0.4) is 0 Å². The van der Waals surface area contributed by atoms with Crippen molar-refractivity contribution >= 4 is 68.6 Å². The minimum absolute atomic E-state index is 0.0387. The molecule has 1 saturated heterocycles. The Morgan fingerprint density at radius 2 is 1.73 bits per heavy atom. The van der Waals surface area contributed by atoms with Crippen LogP contribution in [0.5, 0.6) is 0 Å². The van der Waals surface area contributed by atoms with E-state index in [4.69, 9.17) is 17.3 Å². The zero-order valence-corrected chi connectivity index (χ0v) is 22.5. The first-order valence-corrected chi connectivity index (χ1v) is 13.4. The van der Waals surface area contributed by atoms with Gasteiger partial charge in [-0.05, 0) is 65.0 Å². The number of thioether (sulfide) groups is 1. The number of H-pyrrole nitrogens is 1. The maximum Gasteiger partial charge on any atom is 0.416 e. The van der Waals surface area contributed by atoms with Gasteiger partial charge in [-0.15, -0.1) is 11.3 Å². The molecule has 0 unspecified atom stereocenters. The van der Waals surface area contributed by atoms with E-state index < -0.39 is 35.4 Å². The van der Waals surface area contributed by atoms with Gasteiger partial charge in [0.25, 0.3) is 5.91 Å². The van der Waals surface area contributed by atoms with Gasteiger partial charge >= 0.3 is 18.3 Å². The zero-order valence-electron chi connectivity index (χ0n) is 20.1. The van der Waals surface area contributed by atoms with Crippen LogP contribution in [-0.4, -0.2) is 36.3 Å². The summed E-state index contributed by atoms with van der Waals surface area (Å²) in [7, 11) is 0. The molecule has 1 aliphatic rings. The minimum atomic E-state index is -4.97. The fraction of sp³-hybridized carbons (Fsp3) is 0.120. The zero-order chi connectivity index (χ0) is 29.7. The molecule has 2 aromatic heterocycles. The quantitative estimate of drug-likeness (QED) is 0.121. The lowest BCUT2D eigenvalue weighted by Crippen LogP contribution is -2.40. The van der Waals surface area contributed by atoms with Crippen molar-refractivity contribution in [2.45, 2.75) is 18.9 Å². The number of nitrogens with zero attached hydrogens (tertiary/aromatic N) is 2. The summed E-state index contributed by atoms with van der Waals surface area (Å²) in [6.45, 7) is 0.0387. The number of aromatic nitrogens is 2. The number of halogens is 6. The summed E-state index contributed by atoms with van der Waals surface area (Å²) in [5.41, 5.74) is 0.950. The Bertz CT molecular complexity index is 1710. The molecule has 16 heteroatoms. The van der Waals surface area contributed by atoms with Gasteiger partial charge in [-0.2, -0.15) is 26.3 Å². The molecule has 0 radical (unpaired) electrons. The number of benzene rings is 2. The van der Waals surface area contributed by atoms with E-state index in [1.54, 1.807) is 6.07 Å². The second-order valence-electron chi connectivity index (χ2n) is 8.60. The number of carboxylic acids is 1. The van der Waals surface area contributed by atoms with Crippen molar-refractivity contribution in [2.24, 2.45) is 0 Å². The Kier molecular flexibility index (Phi) is 7.44. The lowest BCUT2D eigenvalue weighted by molar-refractivity contribution is -0.143. The van der Waals surface area contributed by atoms with Crippen LogP contribution in [-0.2, 0) is 23.7 Å². The molecule has 0 bridgehead atoms. The summed E-state index contributed by atoms with van der Waals surface area (Å²) in [5.74, 6) is -1.20. The van der Waals surface area contributed by atoms with E-state index >= 15 is 0 Å². The number of carboxylic acid groups (broad SMARTS) is 1. The Labute approximate surface area is 239 Å². The highest BCUT2D eigenvalue weighted by Gasteiger charge is 2.37. The summed E-state index contributed by atoms with van der Waals surface area (Å²) in [6, 6.07) is 7.12. The van der Waals surface area contributed by atoms with Crippen molar-refractivity contribution in [2.75, 3.05) is 0 Å². The Morgan fingerprint density at radius 1 is 1.05 bits per heavy atom. The molecule has 2 aromatic carbocycles. The summed E-state index contributed by atoms with van der Waals surface area (Å²) in [4.78, 5) is 32.0. The van der Waals surface area contributed by atoms with Crippen LogP contribution < -0.4 is 5.43 Å². The molecule has 3 N–H and O–H groups in total. The van der Waals surface area contributed by atoms with Crippen molar-refractivity contribution in [3.8, 4) is 11.1 Å². The first-order valence-electron chi connectivity index (χ1n) is 11.3. The van der Waals surface area contributed by atoms with Crippen LogP contribution in [0.25, 0.3) is 28.2 Å². The highest BCUT2D eigenvalue weighted by Crippen LogP contribution is 2.40. The van der Waals surface area contributed by atoms with Crippen LogP contribution in [0.1, 0.15) is 32.2 Å². The Balaban J connectivity index is 1.33. The highest BCUT2D eigenvalue weighted by molar-refractivity contribution is 8.26. The van der Waals surface area contributed by atoms with E-state index in [1.165, 1.54) is 29.7 Å². The molecule has 0 spiro atoms. The van der Waals surface area contributed by atoms with Gasteiger partial charge in [-0.25, -0.2) is 20.2 Å². The second-order valence-corrected chi connectivity index (χ2v) is 11.2. The molecule has 1 fully saturated rings. The van der Waals surface area contributed by atoms with E-state index in [0.717, 1.165) is 28.1 Å². The number of imidazole rings is 1. The first kappa shape index (κ1) is 28.8. The summed E-state index contributed by atoms with van der Waals surface area (Å²) >= 11 is 7.27. The molecule has 0 saturated carbocycles. The lowest BCUT2D eigenvalue weighted by Gasteiger charge is -2.14. The number of carbonyl (C=O) groups excluding carboxylic acids is 1. The number of hydrogen-bond acceptors (Lipinski definition) is 7. The Hall–Kier alpha value is -3.73. The van der Waals surface area contributed by atoms with Crippen LogP contribution in [0, 0.1) is 0 Å². The number of alkyl halides is 6. The second kappa shape index (κ2) is 10.6. The number of aromatic carboxylic acids is 1. The van der Waals surface area contributed by atoms with E-state index in [1.807, 2.05) is 0 Å². The third-order valence-corrected chi connectivity index (χ3v) is 7.97. The number of hydrazine groups is 1. The van der Waals surface area contributed by atoms with Gasteiger partial charge in [0.05, 0.1) is 39.2 Å². The normalized spacial score (nSPS) is 15.5. The number of thiocarbonyl (C=S) groups is 1. The molecule has 1 amide bonds. The molecule has 1 aliphatic heterocycles. The summed E-state index contributed by atoms with van der Waals surface area (Å²) in [5, 5.41) is 11.6. The molecule has 3 heterocycles. The lowest BCUT2D eigenvalue weighted by atomic mass is 10.0. The van der Waals surface area contributed by atoms with Crippen molar-refractivity contribution < 1.29 is 41.0 Å². The number of thiophene rings is 1. The number of carbonyl (C=O) groups is 2. The topological polar surface area (TPSA) is 98.3 Å². The largest absolute Gasteiger partial charge is 0.478 e. The van der Waals surface area contributed by atoms with E-state index in [-0.39, 0.29) is 38.5 Å². The van der Waals surface area contributed by atoms with Gasteiger partial charge in [-0.3, -0.25) is 4.79 Å². The number of amides is 1. The average molecular weight is 629 g/mol. The molecule has 7 nitrogen and oxygen atoms in total. The van der Waals surface area contributed by atoms with Crippen LogP contribution in [0.2, 0.25) is 0 Å². The minimum Gasteiger partial charge on any atom is -0.478 e.